The fourth-order valence-corrected chi connectivity index (χ4v) is 3.06. The van der Waals surface area contributed by atoms with Crippen molar-refractivity contribution in [1.29, 1.82) is 0 Å². The van der Waals surface area contributed by atoms with Crippen LogP contribution in [-0.2, 0) is 0 Å². The monoisotopic (exact) mass is 234 g/mol. The topological polar surface area (TPSA) is 45.8 Å². The van der Waals surface area contributed by atoms with Gasteiger partial charge in [-0.25, -0.2) is 0 Å². The molecule has 0 saturated heterocycles. The van der Waals surface area contributed by atoms with Crippen LogP contribution in [0.2, 0.25) is 0 Å². The van der Waals surface area contributed by atoms with Crippen LogP contribution in [-0.4, -0.2) is 16.0 Å². The summed E-state index contributed by atoms with van der Waals surface area (Å²) in [6, 6.07) is 1.80. The highest BCUT2D eigenvalue weighted by Crippen LogP contribution is 2.37. The van der Waals surface area contributed by atoms with Crippen molar-refractivity contribution in [3.05, 3.63) is 18.0 Å². The van der Waals surface area contributed by atoms with E-state index < -0.39 is 0 Å². The molecule has 94 valence electrons. The molecule has 1 aliphatic carbocycles. The van der Waals surface area contributed by atoms with Crippen molar-refractivity contribution in [1.82, 2.24) is 10.2 Å². The number of rotatable bonds is 4. The van der Waals surface area contributed by atoms with Gasteiger partial charge in [0.15, 0.2) is 5.78 Å². The van der Waals surface area contributed by atoms with Crippen molar-refractivity contribution in [2.24, 2.45) is 17.8 Å². The summed E-state index contributed by atoms with van der Waals surface area (Å²) in [6.07, 6.45) is 7.55. The third-order valence-electron chi connectivity index (χ3n) is 4.30. The van der Waals surface area contributed by atoms with Crippen LogP contribution in [0, 0.1) is 17.8 Å². The van der Waals surface area contributed by atoms with E-state index in [1.165, 1.54) is 19.3 Å². The van der Waals surface area contributed by atoms with Gasteiger partial charge in [0.25, 0.3) is 0 Å². The molecule has 1 N–H and O–H groups in total. The number of carbonyl (C=O) groups excluding carboxylic acids is 1. The molecule has 3 atom stereocenters. The van der Waals surface area contributed by atoms with E-state index in [1.807, 2.05) is 0 Å². The molecule has 2 rings (SSSR count). The van der Waals surface area contributed by atoms with Gasteiger partial charge in [0.2, 0.25) is 0 Å². The fourth-order valence-electron chi connectivity index (χ4n) is 3.06. The third-order valence-corrected chi connectivity index (χ3v) is 4.30. The number of aromatic amines is 1. The second-order valence-corrected chi connectivity index (χ2v) is 5.27. The van der Waals surface area contributed by atoms with E-state index in [0.717, 1.165) is 12.8 Å². The molecule has 3 unspecified atom stereocenters. The molecule has 0 radical (unpaired) electrons. The molecule has 1 aromatic heterocycles. The highest BCUT2D eigenvalue weighted by molar-refractivity contribution is 5.96. The highest BCUT2D eigenvalue weighted by Gasteiger charge is 2.34. The summed E-state index contributed by atoms with van der Waals surface area (Å²) in [4.78, 5) is 12.4. The van der Waals surface area contributed by atoms with Crippen LogP contribution in [0.5, 0.6) is 0 Å². The largest absolute Gasteiger partial charge is 0.292 e. The first-order valence-corrected chi connectivity index (χ1v) is 6.77. The Hall–Kier alpha value is -1.12. The number of hydrogen-bond donors (Lipinski definition) is 1. The molecule has 1 aromatic rings. The normalized spacial score (nSPS) is 26.7. The van der Waals surface area contributed by atoms with Crippen LogP contribution in [0.15, 0.2) is 12.3 Å². The van der Waals surface area contributed by atoms with E-state index in [-0.39, 0.29) is 11.7 Å². The molecule has 1 fully saturated rings. The van der Waals surface area contributed by atoms with Crippen LogP contribution in [0.25, 0.3) is 0 Å². The lowest BCUT2D eigenvalue weighted by Crippen LogP contribution is -2.31. The molecule has 1 aliphatic rings. The first-order valence-electron chi connectivity index (χ1n) is 6.77. The smallest absolute Gasteiger partial charge is 0.183 e. The zero-order valence-corrected chi connectivity index (χ0v) is 10.8. The van der Waals surface area contributed by atoms with Crippen molar-refractivity contribution in [2.45, 2.75) is 46.0 Å². The van der Waals surface area contributed by atoms with Gasteiger partial charge in [-0.3, -0.25) is 9.89 Å². The summed E-state index contributed by atoms with van der Waals surface area (Å²) in [5.41, 5.74) is 0.685. The van der Waals surface area contributed by atoms with Gasteiger partial charge >= 0.3 is 0 Å². The minimum Gasteiger partial charge on any atom is -0.292 e. The Morgan fingerprint density at radius 1 is 1.53 bits per heavy atom. The average molecular weight is 234 g/mol. The van der Waals surface area contributed by atoms with Gasteiger partial charge in [0.1, 0.15) is 5.69 Å². The predicted molar refractivity (Wildman–Crippen MR) is 67.8 cm³/mol. The highest BCUT2D eigenvalue weighted by atomic mass is 16.1. The lowest BCUT2D eigenvalue weighted by atomic mass is 9.70. The zero-order chi connectivity index (χ0) is 12.3. The quantitative estimate of drug-likeness (QED) is 0.811. The van der Waals surface area contributed by atoms with Gasteiger partial charge in [-0.1, -0.05) is 33.1 Å². The van der Waals surface area contributed by atoms with Crippen molar-refractivity contribution < 1.29 is 4.79 Å². The zero-order valence-electron chi connectivity index (χ0n) is 10.8. The number of carbonyl (C=O) groups is 1. The first-order chi connectivity index (χ1) is 8.24. The second-order valence-electron chi connectivity index (χ2n) is 5.27. The van der Waals surface area contributed by atoms with Gasteiger partial charge in [0, 0.05) is 12.1 Å². The average Bonchev–Trinajstić information content (AvgIpc) is 2.91. The van der Waals surface area contributed by atoms with Gasteiger partial charge in [-0.05, 0) is 30.7 Å². The summed E-state index contributed by atoms with van der Waals surface area (Å²) in [6.45, 7) is 4.50. The first kappa shape index (κ1) is 12.3. The van der Waals surface area contributed by atoms with Crippen molar-refractivity contribution in [3.63, 3.8) is 0 Å². The second kappa shape index (κ2) is 5.48. The van der Waals surface area contributed by atoms with Crippen molar-refractivity contribution in [3.8, 4) is 0 Å². The Morgan fingerprint density at radius 2 is 2.29 bits per heavy atom. The Kier molecular flexibility index (Phi) is 3.97. The van der Waals surface area contributed by atoms with Crippen molar-refractivity contribution >= 4 is 5.78 Å². The molecular weight excluding hydrogens is 212 g/mol. The van der Waals surface area contributed by atoms with Crippen molar-refractivity contribution in [2.75, 3.05) is 0 Å². The number of nitrogens with zero attached hydrogens (tertiary/aromatic N) is 1. The lowest BCUT2D eigenvalue weighted by molar-refractivity contribution is 0.0757. The number of Topliss-reactive ketones (excluding diaryl/α,β-unsaturated/α-hetero) is 1. The van der Waals surface area contributed by atoms with Gasteiger partial charge < -0.3 is 0 Å². The standard InChI is InChI=1S/C14H22N2O/c1-3-10(2)11-6-4-5-7-12(11)14(17)13-8-9-15-16-13/h8-12H,3-7H2,1-2H3,(H,15,16). The Bertz CT molecular complexity index is 358. The minimum atomic E-state index is 0.208. The van der Waals surface area contributed by atoms with Crippen LogP contribution >= 0.6 is 0 Å². The molecule has 1 saturated carbocycles. The van der Waals surface area contributed by atoms with E-state index in [9.17, 15) is 4.79 Å². The maximum Gasteiger partial charge on any atom is 0.183 e. The van der Waals surface area contributed by atoms with Crippen LogP contribution in [0.3, 0.4) is 0 Å². The van der Waals surface area contributed by atoms with Gasteiger partial charge in [-0.15, -0.1) is 0 Å². The third kappa shape index (κ3) is 2.59. The van der Waals surface area contributed by atoms with Crippen LogP contribution in [0.1, 0.15) is 56.4 Å². The maximum absolute atomic E-state index is 12.4. The summed E-state index contributed by atoms with van der Waals surface area (Å²) in [5, 5.41) is 6.69. The number of H-pyrrole nitrogens is 1. The molecule has 3 heteroatoms. The minimum absolute atomic E-state index is 0.208. The fraction of sp³-hybridized carbons (Fsp3) is 0.714. The Labute approximate surface area is 103 Å². The number of ketones is 1. The molecule has 0 amide bonds. The number of nitrogens with one attached hydrogen (secondary N) is 1. The van der Waals surface area contributed by atoms with E-state index in [1.54, 1.807) is 12.3 Å². The van der Waals surface area contributed by atoms with Gasteiger partial charge in [0.05, 0.1) is 0 Å². The molecule has 0 bridgehead atoms. The molecular formula is C14H22N2O. The van der Waals surface area contributed by atoms with E-state index in [2.05, 4.69) is 24.0 Å². The van der Waals surface area contributed by atoms with E-state index >= 15 is 0 Å². The summed E-state index contributed by atoms with van der Waals surface area (Å²) < 4.78 is 0. The van der Waals surface area contributed by atoms with E-state index in [4.69, 9.17) is 0 Å². The van der Waals surface area contributed by atoms with Crippen LogP contribution < -0.4 is 0 Å². The summed E-state index contributed by atoms with van der Waals surface area (Å²) >= 11 is 0. The molecule has 0 spiro atoms. The lowest BCUT2D eigenvalue weighted by Gasteiger charge is -2.34. The maximum atomic E-state index is 12.4. The molecule has 0 aliphatic heterocycles. The predicted octanol–water partition coefficient (Wildman–Crippen LogP) is 3.44. The molecule has 3 nitrogen and oxygen atoms in total. The Morgan fingerprint density at radius 3 is 2.94 bits per heavy atom. The number of aromatic nitrogens is 2. The Balaban J connectivity index is 2.13. The number of hydrogen-bond acceptors (Lipinski definition) is 2. The molecule has 0 aromatic carbocycles. The molecule has 17 heavy (non-hydrogen) atoms. The summed E-state index contributed by atoms with van der Waals surface area (Å²) in [7, 11) is 0. The van der Waals surface area contributed by atoms with Gasteiger partial charge in [-0.2, -0.15) is 5.10 Å². The van der Waals surface area contributed by atoms with Crippen LogP contribution in [0.4, 0.5) is 0 Å². The SMILES string of the molecule is CCC(C)C1CCCCC1C(=O)c1ccn[nH]1. The molecule has 1 heterocycles. The summed E-state index contributed by atoms with van der Waals surface area (Å²) in [5.74, 6) is 1.68. The van der Waals surface area contributed by atoms with E-state index in [0.29, 0.717) is 17.5 Å².